The number of likely N-dealkylation sites (N-methyl/N-ethyl adjacent to an activating group) is 1. The van der Waals surface area contributed by atoms with Gasteiger partial charge in [0.1, 0.15) is 0 Å². The highest BCUT2D eigenvalue weighted by Crippen LogP contribution is 2.04. The molecule has 0 radical (unpaired) electrons. The Morgan fingerprint density at radius 1 is 1.50 bits per heavy atom. The Balaban J connectivity index is 2.24. The average Bonchev–Trinajstić information content (AvgIpc) is 2.55. The van der Waals surface area contributed by atoms with Crippen LogP contribution in [0.4, 0.5) is 0 Å². The standard InChI is InChI=1S/C12H24N4/c1-10(2)15(4)7-6-13-8-12-9-14-16(5)11(12)3/h9-10,13H,6-8H2,1-5H3. The highest BCUT2D eigenvalue weighted by Gasteiger charge is 2.04. The van der Waals surface area contributed by atoms with Crippen molar-refractivity contribution >= 4 is 0 Å². The van der Waals surface area contributed by atoms with Crippen molar-refractivity contribution < 1.29 is 0 Å². The molecule has 4 heteroatoms. The normalized spacial score (nSPS) is 11.7. The third kappa shape index (κ3) is 3.61. The number of aromatic nitrogens is 2. The lowest BCUT2D eigenvalue weighted by Gasteiger charge is -2.20. The molecule has 0 unspecified atom stereocenters. The van der Waals surface area contributed by atoms with Crippen molar-refractivity contribution in [3.8, 4) is 0 Å². The van der Waals surface area contributed by atoms with E-state index < -0.39 is 0 Å². The molecule has 0 aromatic carbocycles. The van der Waals surface area contributed by atoms with Crippen molar-refractivity contribution in [2.45, 2.75) is 33.4 Å². The maximum Gasteiger partial charge on any atom is 0.0537 e. The molecule has 1 aromatic heterocycles. The molecule has 0 atom stereocenters. The Bertz CT molecular complexity index is 317. The molecule has 16 heavy (non-hydrogen) atoms. The number of hydrogen-bond donors (Lipinski definition) is 1. The minimum absolute atomic E-state index is 0.613. The van der Waals surface area contributed by atoms with E-state index in [0.29, 0.717) is 6.04 Å². The van der Waals surface area contributed by atoms with Gasteiger partial charge in [-0.15, -0.1) is 0 Å². The molecule has 0 aliphatic heterocycles. The Labute approximate surface area is 98.6 Å². The number of nitrogens with one attached hydrogen (secondary N) is 1. The first-order chi connectivity index (χ1) is 7.52. The second-order valence-corrected chi connectivity index (χ2v) is 4.63. The molecule has 0 bridgehead atoms. The topological polar surface area (TPSA) is 33.1 Å². The monoisotopic (exact) mass is 224 g/mol. The minimum Gasteiger partial charge on any atom is -0.311 e. The zero-order valence-corrected chi connectivity index (χ0v) is 11.1. The molecule has 0 amide bonds. The van der Waals surface area contributed by atoms with Gasteiger partial charge in [-0.3, -0.25) is 4.68 Å². The molecule has 1 rings (SSSR count). The highest BCUT2D eigenvalue weighted by atomic mass is 15.3. The zero-order chi connectivity index (χ0) is 12.1. The second-order valence-electron chi connectivity index (χ2n) is 4.63. The van der Waals surface area contributed by atoms with Gasteiger partial charge in [0.25, 0.3) is 0 Å². The lowest BCUT2D eigenvalue weighted by atomic mass is 10.2. The van der Waals surface area contributed by atoms with Crippen molar-refractivity contribution in [2.75, 3.05) is 20.1 Å². The molecule has 1 N–H and O–H groups in total. The summed E-state index contributed by atoms with van der Waals surface area (Å²) in [5.74, 6) is 0. The van der Waals surface area contributed by atoms with Crippen molar-refractivity contribution in [2.24, 2.45) is 7.05 Å². The molecular formula is C12H24N4. The maximum absolute atomic E-state index is 4.22. The minimum atomic E-state index is 0.613. The van der Waals surface area contributed by atoms with Gasteiger partial charge in [-0.05, 0) is 27.8 Å². The molecule has 0 aliphatic carbocycles. The van der Waals surface area contributed by atoms with Crippen LogP contribution in [0.3, 0.4) is 0 Å². The van der Waals surface area contributed by atoms with Crippen LogP contribution in [0.1, 0.15) is 25.1 Å². The van der Waals surface area contributed by atoms with Gasteiger partial charge in [-0.1, -0.05) is 0 Å². The van der Waals surface area contributed by atoms with Crippen LogP contribution in [0.5, 0.6) is 0 Å². The first kappa shape index (κ1) is 13.2. The van der Waals surface area contributed by atoms with E-state index in [2.05, 4.69) is 43.1 Å². The first-order valence-electron chi connectivity index (χ1n) is 5.90. The maximum atomic E-state index is 4.22. The third-order valence-corrected chi connectivity index (χ3v) is 3.18. The summed E-state index contributed by atoms with van der Waals surface area (Å²) in [4.78, 5) is 2.34. The molecule has 92 valence electrons. The van der Waals surface area contributed by atoms with E-state index in [1.165, 1.54) is 11.3 Å². The van der Waals surface area contributed by atoms with Crippen LogP contribution in [0.2, 0.25) is 0 Å². The van der Waals surface area contributed by atoms with E-state index in [4.69, 9.17) is 0 Å². The summed E-state index contributed by atoms with van der Waals surface area (Å²) in [6, 6.07) is 0.613. The van der Waals surface area contributed by atoms with E-state index in [0.717, 1.165) is 19.6 Å². The third-order valence-electron chi connectivity index (χ3n) is 3.18. The molecule has 4 nitrogen and oxygen atoms in total. The fourth-order valence-corrected chi connectivity index (χ4v) is 1.45. The van der Waals surface area contributed by atoms with Crippen LogP contribution >= 0.6 is 0 Å². The van der Waals surface area contributed by atoms with Crippen molar-refractivity contribution in [3.63, 3.8) is 0 Å². The van der Waals surface area contributed by atoms with Gasteiger partial charge < -0.3 is 10.2 Å². The Morgan fingerprint density at radius 2 is 2.19 bits per heavy atom. The van der Waals surface area contributed by atoms with Gasteiger partial charge in [0, 0.05) is 44.0 Å². The van der Waals surface area contributed by atoms with Crippen LogP contribution in [0.25, 0.3) is 0 Å². The van der Waals surface area contributed by atoms with Crippen LogP contribution in [-0.2, 0) is 13.6 Å². The molecule has 1 heterocycles. The summed E-state index contributed by atoms with van der Waals surface area (Å²) in [6.07, 6.45) is 1.94. The zero-order valence-electron chi connectivity index (χ0n) is 11.1. The highest BCUT2D eigenvalue weighted by molar-refractivity contribution is 5.15. The predicted octanol–water partition coefficient (Wildman–Crippen LogP) is 1.16. The van der Waals surface area contributed by atoms with E-state index in [-0.39, 0.29) is 0 Å². The lowest BCUT2D eigenvalue weighted by Crippen LogP contribution is -2.33. The molecule has 0 spiro atoms. The van der Waals surface area contributed by atoms with Gasteiger partial charge >= 0.3 is 0 Å². The van der Waals surface area contributed by atoms with Crippen LogP contribution in [0, 0.1) is 6.92 Å². The summed E-state index contributed by atoms with van der Waals surface area (Å²) < 4.78 is 1.91. The number of rotatable bonds is 6. The van der Waals surface area contributed by atoms with Gasteiger partial charge in [0.05, 0.1) is 6.20 Å². The summed E-state index contributed by atoms with van der Waals surface area (Å²) in [5, 5.41) is 7.67. The predicted molar refractivity (Wildman–Crippen MR) is 67.4 cm³/mol. The van der Waals surface area contributed by atoms with Crippen molar-refractivity contribution in [3.05, 3.63) is 17.5 Å². The Kier molecular flexibility index (Phi) is 4.96. The van der Waals surface area contributed by atoms with Gasteiger partial charge in [-0.25, -0.2) is 0 Å². The largest absolute Gasteiger partial charge is 0.311 e. The van der Waals surface area contributed by atoms with Crippen LogP contribution in [-0.4, -0.2) is 40.9 Å². The van der Waals surface area contributed by atoms with Gasteiger partial charge in [0.2, 0.25) is 0 Å². The number of aryl methyl sites for hydroxylation is 1. The lowest BCUT2D eigenvalue weighted by molar-refractivity contribution is 0.273. The molecule has 0 fully saturated rings. The molecule has 1 aromatic rings. The number of nitrogens with zero attached hydrogens (tertiary/aromatic N) is 3. The average molecular weight is 224 g/mol. The summed E-state index contributed by atoms with van der Waals surface area (Å²) in [7, 11) is 4.13. The molecule has 0 aliphatic rings. The summed E-state index contributed by atoms with van der Waals surface area (Å²) in [5.41, 5.74) is 2.53. The second kappa shape index (κ2) is 6.01. The molecule has 0 saturated heterocycles. The van der Waals surface area contributed by atoms with E-state index in [1.807, 2.05) is 17.9 Å². The van der Waals surface area contributed by atoms with Crippen molar-refractivity contribution in [1.82, 2.24) is 20.0 Å². The van der Waals surface area contributed by atoms with E-state index in [9.17, 15) is 0 Å². The van der Waals surface area contributed by atoms with Crippen LogP contribution in [0.15, 0.2) is 6.20 Å². The Morgan fingerprint density at radius 3 is 2.69 bits per heavy atom. The van der Waals surface area contributed by atoms with E-state index in [1.54, 1.807) is 0 Å². The quantitative estimate of drug-likeness (QED) is 0.736. The smallest absolute Gasteiger partial charge is 0.0537 e. The van der Waals surface area contributed by atoms with Crippen LogP contribution < -0.4 is 5.32 Å². The van der Waals surface area contributed by atoms with E-state index >= 15 is 0 Å². The van der Waals surface area contributed by atoms with Crippen molar-refractivity contribution in [1.29, 1.82) is 0 Å². The fraction of sp³-hybridized carbons (Fsp3) is 0.750. The summed E-state index contributed by atoms with van der Waals surface area (Å²) in [6.45, 7) is 9.53. The first-order valence-corrected chi connectivity index (χ1v) is 5.90. The molecular weight excluding hydrogens is 200 g/mol. The number of hydrogen-bond acceptors (Lipinski definition) is 3. The fourth-order valence-electron chi connectivity index (χ4n) is 1.45. The summed E-state index contributed by atoms with van der Waals surface area (Å²) >= 11 is 0. The van der Waals surface area contributed by atoms with Gasteiger partial charge in [0.15, 0.2) is 0 Å². The Hall–Kier alpha value is -0.870. The van der Waals surface area contributed by atoms with Gasteiger partial charge in [-0.2, -0.15) is 5.10 Å². The SMILES string of the molecule is Cc1c(CNCCN(C)C(C)C)cnn1C. The molecule has 0 saturated carbocycles.